The van der Waals surface area contributed by atoms with Crippen LogP contribution in [0.2, 0.25) is 0 Å². The smallest absolute Gasteiger partial charge is 0.410 e. The van der Waals surface area contributed by atoms with Gasteiger partial charge in [0.2, 0.25) is 9.84 Å². The van der Waals surface area contributed by atoms with Crippen molar-refractivity contribution in [3.63, 3.8) is 0 Å². The van der Waals surface area contributed by atoms with E-state index in [0.717, 1.165) is 0 Å². The summed E-state index contributed by atoms with van der Waals surface area (Å²) in [5.41, 5.74) is -1.72. The van der Waals surface area contributed by atoms with Crippen LogP contribution in [0.25, 0.3) is 0 Å². The predicted octanol–water partition coefficient (Wildman–Crippen LogP) is 3.34. The summed E-state index contributed by atoms with van der Waals surface area (Å²) in [6.45, 7) is 4.31. The van der Waals surface area contributed by atoms with Gasteiger partial charge in [0, 0.05) is 26.1 Å². The first-order valence-electron chi connectivity index (χ1n) is 9.46. The van der Waals surface area contributed by atoms with Crippen LogP contribution < -0.4 is 0 Å². The molecular formula is C20H26FNO5S. The number of methoxy groups -OCH3 is 1. The quantitative estimate of drug-likeness (QED) is 0.672. The number of alkyl halides is 1. The fourth-order valence-corrected chi connectivity index (χ4v) is 6.28. The molecule has 3 aliphatic rings. The van der Waals surface area contributed by atoms with E-state index in [1.807, 2.05) is 0 Å². The molecule has 28 heavy (non-hydrogen) atoms. The van der Waals surface area contributed by atoms with Gasteiger partial charge in [-0.15, -0.1) is 0 Å². The van der Waals surface area contributed by atoms with Crippen molar-refractivity contribution >= 4 is 15.9 Å². The van der Waals surface area contributed by atoms with Crippen molar-refractivity contribution < 1.29 is 27.1 Å². The van der Waals surface area contributed by atoms with Crippen molar-refractivity contribution in [3.05, 3.63) is 42.5 Å². The molecule has 4 atom stereocenters. The third kappa shape index (κ3) is 2.85. The maximum Gasteiger partial charge on any atom is 0.410 e. The summed E-state index contributed by atoms with van der Waals surface area (Å²) in [4.78, 5) is 13.8. The average molecular weight is 411 g/mol. The Morgan fingerprint density at radius 1 is 1.25 bits per heavy atom. The maximum atomic E-state index is 16.8. The molecule has 1 fully saturated rings. The molecule has 0 aliphatic heterocycles. The van der Waals surface area contributed by atoms with Crippen LogP contribution in [0.4, 0.5) is 9.18 Å². The third-order valence-corrected chi connectivity index (χ3v) is 8.10. The number of nitrogens with zero attached hydrogens (tertiary/aromatic N) is 1. The number of carbonyl (C=O) groups excluding carboxylic acids is 1. The van der Waals surface area contributed by atoms with E-state index in [-0.39, 0.29) is 11.3 Å². The van der Waals surface area contributed by atoms with Gasteiger partial charge in [-0.2, -0.15) is 0 Å². The Morgan fingerprint density at radius 2 is 1.89 bits per heavy atom. The molecule has 3 aliphatic carbocycles. The van der Waals surface area contributed by atoms with Gasteiger partial charge in [0.25, 0.3) is 5.00 Å². The zero-order valence-corrected chi connectivity index (χ0v) is 17.1. The minimum absolute atomic E-state index is 0.168. The molecule has 1 amide bonds. The normalized spacial score (nSPS) is 31.6. The molecule has 0 aromatic heterocycles. The third-order valence-electron chi connectivity index (χ3n) is 5.85. The second-order valence-electron chi connectivity index (χ2n) is 7.09. The molecule has 0 N–H and O–H groups in total. The molecule has 0 spiro atoms. The zero-order valence-electron chi connectivity index (χ0n) is 16.3. The number of halogens is 1. The lowest BCUT2D eigenvalue weighted by atomic mass is 9.69. The first-order chi connectivity index (χ1) is 13.3. The molecular weight excluding hydrogens is 385 g/mol. The van der Waals surface area contributed by atoms with Crippen molar-refractivity contribution in [2.45, 2.75) is 48.3 Å². The van der Waals surface area contributed by atoms with Crippen molar-refractivity contribution in [1.29, 1.82) is 0 Å². The first-order valence-corrected chi connectivity index (χ1v) is 10.9. The lowest BCUT2D eigenvalue weighted by Crippen LogP contribution is -2.70. The van der Waals surface area contributed by atoms with E-state index in [0.29, 0.717) is 19.5 Å². The fraction of sp³-hybridized carbons (Fsp3) is 0.550. The van der Waals surface area contributed by atoms with Gasteiger partial charge in [-0.05, 0) is 38.8 Å². The summed E-state index contributed by atoms with van der Waals surface area (Å²) in [5, 5.41) is -2.93. The van der Waals surface area contributed by atoms with Gasteiger partial charge in [0.1, 0.15) is 5.60 Å². The largest absolute Gasteiger partial charge is 0.441 e. The van der Waals surface area contributed by atoms with Gasteiger partial charge in [0.15, 0.2) is 6.10 Å². The maximum absolute atomic E-state index is 16.8. The number of hydrogen-bond donors (Lipinski definition) is 0. The van der Waals surface area contributed by atoms with E-state index in [1.54, 1.807) is 26.0 Å². The Bertz CT molecular complexity index is 855. The van der Waals surface area contributed by atoms with Crippen LogP contribution in [0.15, 0.2) is 47.4 Å². The van der Waals surface area contributed by atoms with Crippen LogP contribution >= 0.6 is 0 Å². The topological polar surface area (TPSA) is 72.9 Å². The summed E-state index contributed by atoms with van der Waals surface area (Å²) >= 11 is 0. The average Bonchev–Trinajstić information content (AvgIpc) is 2.72. The molecule has 6 nitrogen and oxygen atoms in total. The van der Waals surface area contributed by atoms with Crippen molar-refractivity contribution in [1.82, 2.24) is 4.90 Å². The van der Waals surface area contributed by atoms with Crippen LogP contribution in [-0.2, 0) is 19.3 Å². The second-order valence-corrected chi connectivity index (χ2v) is 9.17. The lowest BCUT2D eigenvalue weighted by molar-refractivity contribution is -0.156. The summed E-state index contributed by atoms with van der Waals surface area (Å²) < 4.78 is 54.8. The van der Waals surface area contributed by atoms with Crippen LogP contribution in [0, 0.1) is 5.92 Å². The number of carbonyl (C=O) groups is 1. The zero-order chi connectivity index (χ0) is 20.6. The van der Waals surface area contributed by atoms with Crippen LogP contribution in [-0.4, -0.2) is 56.3 Å². The number of amides is 1. The predicted molar refractivity (Wildman–Crippen MR) is 102 cm³/mol. The summed E-state index contributed by atoms with van der Waals surface area (Å²) in [7, 11) is -3.25. The molecule has 1 aromatic carbocycles. The Morgan fingerprint density at radius 3 is 2.39 bits per heavy atom. The van der Waals surface area contributed by atoms with E-state index in [9.17, 15) is 13.2 Å². The van der Waals surface area contributed by atoms with Crippen LogP contribution in [0.5, 0.6) is 0 Å². The van der Waals surface area contributed by atoms with Gasteiger partial charge in [-0.1, -0.05) is 30.4 Å². The monoisotopic (exact) mass is 411 g/mol. The first kappa shape index (κ1) is 20.8. The van der Waals surface area contributed by atoms with Gasteiger partial charge < -0.3 is 14.4 Å². The Labute approximate surface area is 165 Å². The minimum atomic E-state index is -4.54. The van der Waals surface area contributed by atoms with Gasteiger partial charge in [-0.25, -0.2) is 17.6 Å². The molecule has 2 bridgehead atoms. The number of ether oxygens (including phenoxy) is 2. The van der Waals surface area contributed by atoms with Gasteiger partial charge >= 0.3 is 6.09 Å². The lowest BCUT2D eigenvalue weighted by Gasteiger charge is -2.53. The van der Waals surface area contributed by atoms with Gasteiger partial charge in [-0.3, -0.25) is 0 Å². The van der Waals surface area contributed by atoms with Crippen LogP contribution in [0.3, 0.4) is 0 Å². The fourth-order valence-electron chi connectivity index (χ4n) is 4.18. The summed E-state index contributed by atoms with van der Waals surface area (Å²) in [6, 6.07) is 7.40. The Balaban J connectivity index is 2.13. The Hall–Kier alpha value is -1.93. The summed E-state index contributed by atoms with van der Waals surface area (Å²) in [5.74, 6) is -0.542. The standard InChI is InChI=1S/C20H26FNO5S/c1-4-22(5-2)18(23)27-17-15-11-13-19(26-3,14-12-15)20(17,21)28(24,25)16-9-7-6-8-10-16/h6-11,13,15,17H,4-5,12,14H2,1-3H3/t15-,17-,19-,20-/m1/s1. The van der Waals surface area contributed by atoms with E-state index in [1.165, 1.54) is 42.4 Å². The van der Waals surface area contributed by atoms with E-state index in [2.05, 4.69) is 0 Å². The molecule has 0 radical (unpaired) electrons. The van der Waals surface area contributed by atoms with Crippen molar-refractivity contribution in [3.8, 4) is 0 Å². The van der Waals surface area contributed by atoms with Crippen molar-refractivity contribution in [2.75, 3.05) is 20.2 Å². The van der Waals surface area contributed by atoms with E-state index in [4.69, 9.17) is 9.47 Å². The van der Waals surface area contributed by atoms with E-state index < -0.39 is 38.6 Å². The molecule has 0 unspecified atom stereocenters. The number of hydrogen-bond acceptors (Lipinski definition) is 5. The van der Waals surface area contributed by atoms with E-state index >= 15 is 4.39 Å². The number of sulfone groups is 1. The molecule has 4 rings (SSSR count). The highest BCUT2D eigenvalue weighted by Gasteiger charge is 2.72. The molecule has 8 heteroatoms. The summed E-state index contributed by atoms with van der Waals surface area (Å²) in [6.07, 6.45) is 1.61. The Kier molecular flexibility index (Phi) is 5.55. The number of fused-ring (bicyclic) bond motifs is 2. The highest BCUT2D eigenvalue weighted by atomic mass is 32.2. The number of benzene rings is 1. The number of rotatable bonds is 6. The second kappa shape index (κ2) is 7.48. The highest BCUT2D eigenvalue weighted by molar-refractivity contribution is 7.92. The molecule has 0 saturated heterocycles. The van der Waals surface area contributed by atoms with Crippen LogP contribution in [0.1, 0.15) is 26.7 Å². The molecule has 1 saturated carbocycles. The molecule has 0 heterocycles. The SMILES string of the molecule is CCN(CC)C(=O)O[C@@H]1[C@@H]2C=C[C@@](OC)(CC2)[C@]1(F)S(=O)(=O)c1ccccc1. The van der Waals surface area contributed by atoms with Crippen molar-refractivity contribution in [2.24, 2.45) is 5.92 Å². The highest BCUT2D eigenvalue weighted by Crippen LogP contribution is 2.55. The molecule has 154 valence electrons. The van der Waals surface area contributed by atoms with Gasteiger partial charge in [0.05, 0.1) is 4.90 Å². The molecule has 1 aromatic rings. The minimum Gasteiger partial charge on any atom is -0.441 e.